The standard InChI is InChI=1S/C22H19NO4S2/c1-25-17-8-6-14(7-9-17)12-23-21(24)19(29-22(23)28)11-15-10-16-4-3-5-18(26-2)20(16)27-13-15/h3-11H,12-13H2,1-2H3. The maximum absolute atomic E-state index is 12.9. The molecule has 7 heteroatoms. The van der Waals surface area contributed by atoms with Gasteiger partial charge in [-0.3, -0.25) is 9.69 Å². The lowest BCUT2D eigenvalue weighted by atomic mass is 10.1. The predicted molar refractivity (Wildman–Crippen MR) is 118 cm³/mol. The molecule has 1 saturated heterocycles. The molecule has 4 rings (SSSR count). The molecule has 2 aromatic carbocycles. The molecule has 29 heavy (non-hydrogen) atoms. The van der Waals surface area contributed by atoms with E-state index in [4.69, 9.17) is 26.4 Å². The Morgan fingerprint density at radius 1 is 1.17 bits per heavy atom. The monoisotopic (exact) mass is 425 g/mol. The molecule has 5 nitrogen and oxygen atoms in total. The second-order valence-electron chi connectivity index (χ2n) is 6.50. The number of thiocarbonyl (C=S) groups is 1. The minimum Gasteiger partial charge on any atom is -0.497 e. The van der Waals surface area contributed by atoms with E-state index in [9.17, 15) is 4.79 Å². The van der Waals surface area contributed by atoms with Gasteiger partial charge in [0.05, 0.1) is 25.7 Å². The van der Waals surface area contributed by atoms with Crippen molar-refractivity contribution < 1.29 is 19.0 Å². The Kier molecular flexibility index (Phi) is 5.60. The fraction of sp³-hybridized carbons (Fsp3) is 0.182. The Labute approximate surface area is 178 Å². The average Bonchev–Trinajstić information content (AvgIpc) is 3.01. The molecule has 1 fully saturated rings. The molecule has 2 heterocycles. The van der Waals surface area contributed by atoms with Crippen molar-refractivity contribution in [2.75, 3.05) is 20.8 Å². The van der Waals surface area contributed by atoms with Crippen LogP contribution in [0, 0.1) is 0 Å². The van der Waals surface area contributed by atoms with Crippen LogP contribution in [0.3, 0.4) is 0 Å². The highest BCUT2D eigenvalue weighted by atomic mass is 32.2. The zero-order chi connectivity index (χ0) is 20.4. The van der Waals surface area contributed by atoms with Gasteiger partial charge in [-0.05, 0) is 41.5 Å². The summed E-state index contributed by atoms with van der Waals surface area (Å²) in [5.74, 6) is 2.11. The number of para-hydroxylation sites is 1. The van der Waals surface area contributed by atoms with Crippen molar-refractivity contribution in [3.05, 3.63) is 70.1 Å². The molecule has 0 saturated carbocycles. The first-order valence-electron chi connectivity index (χ1n) is 8.97. The van der Waals surface area contributed by atoms with Gasteiger partial charge >= 0.3 is 0 Å². The summed E-state index contributed by atoms with van der Waals surface area (Å²) < 4.78 is 16.9. The van der Waals surface area contributed by atoms with E-state index < -0.39 is 0 Å². The van der Waals surface area contributed by atoms with Crippen LogP contribution in [-0.2, 0) is 11.3 Å². The summed E-state index contributed by atoms with van der Waals surface area (Å²) in [6.45, 7) is 0.803. The number of methoxy groups -OCH3 is 2. The predicted octanol–water partition coefficient (Wildman–Crippen LogP) is 4.42. The Balaban J connectivity index is 1.53. The number of carbonyl (C=O) groups is 1. The van der Waals surface area contributed by atoms with Crippen LogP contribution in [0.2, 0.25) is 0 Å². The lowest BCUT2D eigenvalue weighted by Gasteiger charge is -2.18. The lowest BCUT2D eigenvalue weighted by Crippen LogP contribution is -2.27. The lowest BCUT2D eigenvalue weighted by molar-refractivity contribution is -0.122. The summed E-state index contributed by atoms with van der Waals surface area (Å²) in [6, 6.07) is 13.3. The van der Waals surface area contributed by atoms with E-state index in [1.54, 1.807) is 19.1 Å². The highest BCUT2D eigenvalue weighted by molar-refractivity contribution is 8.26. The molecule has 0 aliphatic carbocycles. The van der Waals surface area contributed by atoms with Crippen LogP contribution >= 0.6 is 24.0 Å². The fourth-order valence-corrected chi connectivity index (χ4v) is 4.43. The highest BCUT2D eigenvalue weighted by Crippen LogP contribution is 2.38. The van der Waals surface area contributed by atoms with Gasteiger partial charge in [0, 0.05) is 5.56 Å². The van der Waals surface area contributed by atoms with Crippen molar-refractivity contribution in [2.45, 2.75) is 6.54 Å². The molecule has 0 bridgehead atoms. The molecule has 0 N–H and O–H groups in total. The zero-order valence-corrected chi connectivity index (χ0v) is 17.6. The molecule has 0 aromatic heterocycles. The third-order valence-electron chi connectivity index (χ3n) is 4.64. The summed E-state index contributed by atoms with van der Waals surface area (Å²) in [5.41, 5.74) is 2.83. The minimum absolute atomic E-state index is 0.0897. The van der Waals surface area contributed by atoms with Crippen molar-refractivity contribution in [3.63, 3.8) is 0 Å². The Hall–Kier alpha value is -2.77. The molecule has 0 atom stereocenters. The van der Waals surface area contributed by atoms with Crippen molar-refractivity contribution in [1.29, 1.82) is 0 Å². The van der Waals surface area contributed by atoms with Gasteiger partial charge in [-0.1, -0.05) is 48.2 Å². The third-order valence-corrected chi connectivity index (χ3v) is 6.02. The first kappa shape index (κ1) is 19.5. The number of ether oxygens (including phenoxy) is 3. The number of rotatable bonds is 5. The molecule has 0 spiro atoms. The number of benzene rings is 2. The van der Waals surface area contributed by atoms with E-state index in [-0.39, 0.29) is 5.91 Å². The summed E-state index contributed by atoms with van der Waals surface area (Å²) >= 11 is 6.76. The van der Waals surface area contributed by atoms with Gasteiger partial charge in [0.1, 0.15) is 16.7 Å². The summed E-state index contributed by atoms with van der Waals surface area (Å²) in [7, 11) is 3.24. The molecule has 2 aliphatic rings. The molecular weight excluding hydrogens is 406 g/mol. The summed E-state index contributed by atoms with van der Waals surface area (Å²) in [5, 5.41) is 0. The van der Waals surface area contributed by atoms with Crippen molar-refractivity contribution in [3.8, 4) is 17.2 Å². The third kappa shape index (κ3) is 4.02. The van der Waals surface area contributed by atoms with Crippen molar-refractivity contribution in [2.24, 2.45) is 0 Å². The quantitative estimate of drug-likeness (QED) is 0.522. The van der Waals surface area contributed by atoms with Crippen LogP contribution < -0.4 is 14.2 Å². The maximum atomic E-state index is 12.9. The highest BCUT2D eigenvalue weighted by Gasteiger charge is 2.32. The molecule has 1 amide bonds. The maximum Gasteiger partial charge on any atom is 0.266 e. The zero-order valence-electron chi connectivity index (χ0n) is 16.0. The normalized spacial score (nSPS) is 17.1. The Bertz CT molecular complexity index is 1030. The second kappa shape index (κ2) is 8.31. The first-order valence-corrected chi connectivity index (χ1v) is 10.2. The van der Waals surface area contributed by atoms with E-state index in [0.717, 1.165) is 28.2 Å². The second-order valence-corrected chi connectivity index (χ2v) is 8.18. The average molecular weight is 426 g/mol. The van der Waals surface area contributed by atoms with Crippen LogP contribution in [0.25, 0.3) is 6.08 Å². The molecule has 148 valence electrons. The number of hydrogen-bond acceptors (Lipinski definition) is 6. The van der Waals surface area contributed by atoms with Gasteiger partial charge in [-0.15, -0.1) is 0 Å². The fourth-order valence-electron chi connectivity index (χ4n) is 3.16. The molecule has 0 radical (unpaired) electrons. The smallest absolute Gasteiger partial charge is 0.266 e. The van der Waals surface area contributed by atoms with Crippen LogP contribution in [0.5, 0.6) is 17.2 Å². The molecular formula is C22H19NO4S2. The van der Waals surface area contributed by atoms with Crippen LogP contribution in [0.1, 0.15) is 11.1 Å². The topological polar surface area (TPSA) is 48.0 Å². The van der Waals surface area contributed by atoms with E-state index in [0.29, 0.717) is 28.1 Å². The van der Waals surface area contributed by atoms with E-state index in [1.165, 1.54) is 11.8 Å². The number of hydrogen-bond donors (Lipinski definition) is 0. The molecule has 2 aromatic rings. The molecule has 0 unspecified atom stereocenters. The Morgan fingerprint density at radius 2 is 1.97 bits per heavy atom. The van der Waals surface area contributed by atoms with E-state index in [1.807, 2.05) is 54.6 Å². The summed E-state index contributed by atoms with van der Waals surface area (Å²) in [6.07, 6.45) is 3.87. The number of carbonyl (C=O) groups excluding carboxylic acids is 1. The van der Waals surface area contributed by atoms with Gasteiger partial charge in [-0.2, -0.15) is 0 Å². The van der Waals surface area contributed by atoms with Gasteiger partial charge in [0.15, 0.2) is 11.5 Å². The van der Waals surface area contributed by atoms with Crippen LogP contribution in [0.15, 0.2) is 59.0 Å². The minimum atomic E-state index is -0.0897. The van der Waals surface area contributed by atoms with Gasteiger partial charge in [0.2, 0.25) is 0 Å². The van der Waals surface area contributed by atoms with Gasteiger partial charge in [-0.25, -0.2) is 0 Å². The van der Waals surface area contributed by atoms with Crippen molar-refractivity contribution in [1.82, 2.24) is 4.90 Å². The van der Waals surface area contributed by atoms with Crippen LogP contribution in [0.4, 0.5) is 0 Å². The number of fused-ring (bicyclic) bond motifs is 1. The Morgan fingerprint density at radius 3 is 2.69 bits per heavy atom. The van der Waals surface area contributed by atoms with Crippen LogP contribution in [-0.4, -0.2) is 36.0 Å². The summed E-state index contributed by atoms with van der Waals surface area (Å²) in [4.78, 5) is 15.1. The van der Waals surface area contributed by atoms with E-state index >= 15 is 0 Å². The van der Waals surface area contributed by atoms with E-state index in [2.05, 4.69) is 0 Å². The van der Waals surface area contributed by atoms with Crippen molar-refractivity contribution >= 4 is 40.3 Å². The largest absolute Gasteiger partial charge is 0.497 e. The SMILES string of the molecule is COc1ccc(CN2C(=O)C(=CC3=Cc4cccc(OC)c4OC3)SC2=S)cc1. The van der Waals surface area contributed by atoms with Gasteiger partial charge in [0.25, 0.3) is 5.91 Å². The molecule has 2 aliphatic heterocycles. The number of amides is 1. The number of nitrogens with zero attached hydrogens (tertiary/aromatic N) is 1. The first-order chi connectivity index (χ1) is 14.1. The van der Waals surface area contributed by atoms with Gasteiger partial charge < -0.3 is 14.2 Å². The number of thioether (sulfide) groups is 1.